The highest BCUT2D eigenvalue weighted by Gasteiger charge is 2.36. The van der Waals surface area contributed by atoms with Gasteiger partial charge in [0.1, 0.15) is 17.7 Å². The Labute approximate surface area is 234 Å². The van der Waals surface area contributed by atoms with Crippen LogP contribution >= 0.6 is 0 Å². The lowest BCUT2D eigenvalue weighted by Gasteiger charge is -2.34. The van der Waals surface area contributed by atoms with E-state index in [4.69, 9.17) is 10.5 Å². The van der Waals surface area contributed by atoms with Crippen LogP contribution in [0.25, 0.3) is 0 Å². The van der Waals surface area contributed by atoms with Crippen LogP contribution in [0.2, 0.25) is 0 Å². The minimum atomic E-state index is -1.27. The van der Waals surface area contributed by atoms with Gasteiger partial charge in [0.15, 0.2) is 0 Å². The summed E-state index contributed by atoms with van der Waals surface area (Å²) in [6.07, 6.45) is 5.19. The average molecular weight is 547 g/mol. The third-order valence-electron chi connectivity index (χ3n) is 6.13. The Balaban J connectivity index is 3.51. The predicted octanol–water partition coefficient (Wildman–Crippen LogP) is 4.83. The van der Waals surface area contributed by atoms with E-state index >= 15 is 0 Å². The highest BCUT2D eigenvalue weighted by molar-refractivity contribution is 5.94. The van der Waals surface area contributed by atoms with Crippen molar-refractivity contribution in [2.75, 3.05) is 13.1 Å². The molecule has 0 spiro atoms. The maximum absolute atomic E-state index is 14.1. The van der Waals surface area contributed by atoms with Gasteiger partial charge in [0.05, 0.1) is 6.42 Å². The third kappa shape index (κ3) is 13.0. The summed E-state index contributed by atoms with van der Waals surface area (Å²) in [5.41, 5.74) is 7.28. The van der Waals surface area contributed by atoms with Crippen LogP contribution in [0.5, 0.6) is 0 Å². The van der Waals surface area contributed by atoms with Gasteiger partial charge in [-0.25, -0.2) is 4.79 Å². The second kappa shape index (κ2) is 16.8. The first-order valence-corrected chi connectivity index (χ1v) is 14.2. The van der Waals surface area contributed by atoms with Gasteiger partial charge in [-0.3, -0.25) is 14.4 Å². The first-order valence-electron chi connectivity index (χ1n) is 14.2. The lowest BCUT2D eigenvalue weighted by Crippen LogP contribution is -2.54. The minimum Gasteiger partial charge on any atom is -0.444 e. The van der Waals surface area contributed by atoms with Crippen molar-refractivity contribution in [2.45, 2.75) is 118 Å². The van der Waals surface area contributed by atoms with E-state index in [1.165, 1.54) is 4.90 Å². The molecule has 1 aromatic rings. The van der Waals surface area contributed by atoms with Crippen molar-refractivity contribution in [3.63, 3.8) is 0 Å². The molecule has 0 radical (unpaired) electrons. The number of amides is 4. The van der Waals surface area contributed by atoms with Crippen LogP contribution < -0.4 is 16.4 Å². The van der Waals surface area contributed by atoms with Gasteiger partial charge in [-0.05, 0) is 53.0 Å². The second-order valence-electron chi connectivity index (χ2n) is 11.3. The predicted molar refractivity (Wildman–Crippen MR) is 154 cm³/mol. The molecule has 0 aliphatic rings. The van der Waals surface area contributed by atoms with Crippen molar-refractivity contribution in [3.05, 3.63) is 34.9 Å². The summed E-state index contributed by atoms with van der Waals surface area (Å²) in [5.74, 6) is -1.60. The molecular formula is C30H50N4O5. The average Bonchev–Trinajstić information content (AvgIpc) is 2.80. The topological polar surface area (TPSA) is 131 Å². The normalized spacial score (nSPS) is 12.8. The molecule has 220 valence electrons. The highest BCUT2D eigenvalue weighted by Crippen LogP contribution is 2.26. The van der Waals surface area contributed by atoms with E-state index in [0.717, 1.165) is 49.7 Å². The molecule has 0 saturated carbocycles. The molecule has 0 bridgehead atoms. The Morgan fingerprint density at radius 1 is 0.923 bits per heavy atom. The van der Waals surface area contributed by atoms with E-state index in [1.54, 1.807) is 20.8 Å². The summed E-state index contributed by atoms with van der Waals surface area (Å²) in [7, 11) is 0. The summed E-state index contributed by atoms with van der Waals surface area (Å²) in [5, 5.41) is 5.51. The van der Waals surface area contributed by atoms with Gasteiger partial charge in [0.2, 0.25) is 17.7 Å². The van der Waals surface area contributed by atoms with Crippen molar-refractivity contribution in [1.82, 2.24) is 15.5 Å². The largest absolute Gasteiger partial charge is 0.444 e. The van der Waals surface area contributed by atoms with Gasteiger partial charge in [-0.15, -0.1) is 0 Å². The van der Waals surface area contributed by atoms with E-state index < -0.39 is 42.0 Å². The summed E-state index contributed by atoms with van der Waals surface area (Å²) in [6.45, 7) is 13.9. The van der Waals surface area contributed by atoms with Crippen molar-refractivity contribution in [1.29, 1.82) is 0 Å². The van der Waals surface area contributed by atoms with Crippen LogP contribution in [-0.4, -0.2) is 53.4 Å². The summed E-state index contributed by atoms with van der Waals surface area (Å²) in [6, 6.07) is 3.60. The van der Waals surface area contributed by atoms with E-state index in [9.17, 15) is 19.2 Å². The number of aryl methyl sites for hydroxylation is 2. The molecule has 0 aliphatic carbocycles. The first-order chi connectivity index (χ1) is 18.3. The molecule has 0 aromatic heterocycles. The van der Waals surface area contributed by atoms with Crippen LogP contribution in [0.4, 0.5) is 4.79 Å². The highest BCUT2D eigenvalue weighted by atomic mass is 16.6. The smallest absolute Gasteiger partial charge is 0.408 e. The number of ether oxygens (including phenoxy) is 1. The molecule has 1 rings (SSSR count). The van der Waals surface area contributed by atoms with Gasteiger partial charge < -0.3 is 26.0 Å². The maximum atomic E-state index is 14.1. The Kier molecular flexibility index (Phi) is 14.6. The second-order valence-corrected chi connectivity index (χ2v) is 11.3. The number of unbranched alkanes of at least 4 members (excludes halogenated alkanes) is 5. The monoisotopic (exact) mass is 546 g/mol. The fourth-order valence-corrected chi connectivity index (χ4v) is 4.43. The quantitative estimate of drug-likeness (QED) is 0.256. The van der Waals surface area contributed by atoms with E-state index in [0.29, 0.717) is 18.5 Å². The molecular weight excluding hydrogens is 496 g/mol. The number of nitrogens with two attached hydrogens (primary N) is 1. The molecule has 4 N–H and O–H groups in total. The molecule has 0 fully saturated rings. The lowest BCUT2D eigenvalue weighted by molar-refractivity contribution is -0.143. The molecule has 0 heterocycles. The van der Waals surface area contributed by atoms with E-state index in [-0.39, 0.29) is 12.5 Å². The van der Waals surface area contributed by atoms with Crippen LogP contribution in [0.15, 0.2) is 18.2 Å². The number of benzene rings is 1. The molecule has 2 unspecified atom stereocenters. The number of carbonyl (C=O) groups excluding carboxylic acids is 4. The molecule has 0 aliphatic heterocycles. The third-order valence-corrected chi connectivity index (χ3v) is 6.13. The fraction of sp³-hybridized carbons (Fsp3) is 0.667. The van der Waals surface area contributed by atoms with Gasteiger partial charge in [0.25, 0.3) is 0 Å². The number of primary amides is 1. The van der Waals surface area contributed by atoms with E-state index in [2.05, 4.69) is 17.6 Å². The minimum absolute atomic E-state index is 0.284. The zero-order chi connectivity index (χ0) is 29.6. The summed E-state index contributed by atoms with van der Waals surface area (Å²) < 4.78 is 5.34. The Hall–Kier alpha value is -3.10. The number of alkyl carbamates (subject to hydrolysis) is 1. The Morgan fingerprint density at radius 2 is 1.51 bits per heavy atom. The van der Waals surface area contributed by atoms with Gasteiger partial charge >= 0.3 is 6.09 Å². The van der Waals surface area contributed by atoms with E-state index in [1.807, 2.05) is 39.0 Å². The Bertz CT molecular complexity index is 937. The number of rotatable bonds is 16. The number of hydrogen-bond donors (Lipinski definition) is 3. The van der Waals surface area contributed by atoms with Gasteiger partial charge in [0, 0.05) is 13.1 Å². The summed E-state index contributed by atoms with van der Waals surface area (Å²) >= 11 is 0. The molecule has 1 aromatic carbocycles. The van der Waals surface area contributed by atoms with Crippen molar-refractivity contribution < 1.29 is 23.9 Å². The van der Waals surface area contributed by atoms with Gasteiger partial charge in [-0.2, -0.15) is 0 Å². The standard InChI is InChI=1S/C30H50N4O5/c1-8-10-12-13-14-16-34(28(37)24(20-25(31)35)33-29(38)39-30(5,6)7)26(27(36)32-15-11-9-2)23-18-21(3)17-22(4)19-23/h17-19,24,26H,8-16,20H2,1-7H3,(H2,31,35)(H,32,36)(H,33,38). The van der Waals surface area contributed by atoms with Gasteiger partial charge in [-0.1, -0.05) is 75.3 Å². The number of nitrogens with one attached hydrogen (secondary N) is 2. The fourth-order valence-electron chi connectivity index (χ4n) is 4.43. The SMILES string of the molecule is CCCCCCCN(C(=O)C(CC(N)=O)NC(=O)OC(C)(C)C)C(C(=O)NCCCC)c1cc(C)cc(C)c1. The number of carbonyl (C=O) groups is 4. The molecule has 4 amide bonds. The zero-order valence-electron chi connectivity index (χ0n) is 25.0. The van der Waals surface area contributed by atoms with Crippen molar-refractivity contribution in [2.24, 2.45) is 5.73 Å². The van der Waals surface area contributed by atoms with Crippen LogP contribution in [-0.2, 0) is 19.1 Å². The van der Waals surface area contributed by atoms with Crippen LogP contribution in [0, 0.1) is 13.8 Å². The molecule has 2 atom stereocenters. The molecule has 9 nitrogen and oxygen atoms in total. The maximum Gasteiger partial charge on any atom is 0.408 e. The van der Waals surface area contributed by atoms with Crippen molar-refractivity contribution >= 4 is 23.8 Å². The molecule has 39 heavy (non-hydrogen) atoms. The molecule has 0 saturated heterocycles. The molecule has 9 heteroatoms. The number of hydrogen-bond acceptors (Lipinski definition) is 5. The number of nitrogens with zero attached hydrogens (tertiary/aromatic N) is 1. The zero-order valence-corrected chi connectivity index (χ0v) is 25.0. The van der Waals surface area contributed by atoms with Crippen LogP contribution in [0.3, 0.4) is 0 Å². The first kappa shape index (κ1) is 33.9. The van der Waals surface area contributed by atoms with Crippen LogP contribution in [0.1, 0.15) is 109 Å². The summed E-state index contributed by atoms with van der Waals surface area (Å²) in [4.78, 5) is 53.8. The van der Waals surface area contributed by atoms with Crippen molar-refractivity contribution in [3.8, 4) is 0 Å². The Morgan fingerprint density at radius 3 is 2.05 bits per heavy atom. The lowest BCUT2D eigenvalue weighted by atomic mass is 9.97.